The van der Waals surface area contributed by atoms with E-state index >= 15 is 0 Å². The minimum Gasteiger partial charge on any atom is -0.444 e. The molecule has 1 saturated heterocycles. The van der Waals surface area contributed by atoms with Crippen molar-refractivity contribution in [2.75, 3.05) is 11.4 Å². The van der Waals surface area contributed by atoms with E-state index in [9.17, 15) is 14.9 Å². The molecule has 7 nitrogen and oxygen atoms in total. The topological polar surface area (TPSA) is 86.5 Å². The van der Waals surface area contributed by atoms with Crippen molar-refractivity contribution in [3.63, 3.8) is 0 Å². The van der Waals surface area contributed by atoms with Crippen molar-refractivity contribution in [1.29, 1.82) is 5.26 Å². The molecule has 2 atom stereocenters. The Balaban J connectivity index is 2.32. The number of amides is 2. The highest BCUT2D eigenvalue weighted by Crippen LogP contribution is 2.26. The number of aromatic nitrogens is 1. The van der Waals surface area contributed by atoms with Crippen LogP contribution in [0.25, 0.3) is 0 Å². The van der Waals surface area contributed by atoms with Crippen molar-refractivity contribution < 1.29 is 14.3 Å². The van der Waals surface area contributed by atoms with E-state index in [1.165, 1.54) is 16.0 Å². The van der Waals surface area contributed by atoms with Gasteiger partial charge in [0.1, 0.15) is 22.3 Å². The molecule has 8 heteroatoms. The number of halogens is 1. The molecule has 0 bridgehead atoms. The van der Waals surface area contributed by atoms with E-state index in [-0.39, 0.29) is 5.91 Å². The third-order valence-corrected chi connectivity index (χ3v) is 4.69. The number of likely N-dealkylation sites (tertiary alicyclic amines) is 1. The molecule has 0 spiro atoms. The molecule has 2 unspecified atom stereocenters. The number of carbonyl (C=O) groups is 2. The van der Waals surface area contributed by atoms with E-state index in [1.54, 1.807) is 39.8 Å². The van der Waals surface area contributed by atoms with Crippen LogP contribution in [0.4, 0.5) is 10.5 Å². The third kappa shape index (κ3) is 5.42. The first-order valence-electron chi connectivity index (χ1n) is 8.98. The van der Waals surface area contributed by atoms with E-state index in [0.29, 0.717) is 23.3 Å². The lowest BCUT2D eigenvalue weighted by molar-refractivity contribution is -0.125. The summed E-state index contributed by atoms with van der Waals surface area (Å²) in [6, 6.07) is 4.20. The van der Waals surface area contributed by atoms with E-state index in [4.69, 9.17) is 4.74 Å². The zero-order chi connectivity index (χ0) is 20.2. The van der Waals surface area contributed by atoms with Crippen LogP contribution in [0.2, 0.25) is 0 Å². The molecule has 0 radical (unpaired) electrons. The first-order valence-corrected chi connectivity index (χ1v) is 9.77. The van der Waals surface area contributed by atoms with Gasteiger partial charge in [-0.15, -0.1) is 0 Å². The van der Waals surface area contributed by atoms with Crippen LogP contribution < -0.4 is 4.90 Å². The van der Waals surface area contributed by atoms with E-state index < -0.39 is 23.8 Å². The van der Waals surface area contributed by atoms with Crippen LogP contribution in [0.5, 0.6) is 0 Å². The summed E-state index contributed by atoms with van der Waals surface area (Å²) in [6.07, 6.45) is 3.23. The van der Waals surface area contributed by atoms with Crippen LogP contribution in [0.1, 0.15) is 47.0 Å². The van der Waals surface area contributed by atoms with Crippen molar-refractivity contribution in [3.05, 3.63) is 22.9 Å². The molecule has 1 fully saturated rings. The third-order valence-electron chi connectivity index (χ3n) is 4.22. The Bertz CT molecular complexity index is 724. The molecule has 1 aliphatic heterocycles. The number of carbonyl (C=O) groups excluding carboxylic acids is 2. The molecule has 0 aromatic carbocycles. The lowest BCUT2D eigenvalue weighted by atomic mass is 10.0. The second-order valence-electron chi connectivity index (χ2n) is 7.54. The van der Waals surface area contributed by atoms with Gasteiger partial charge in [0.2, 0.25) is 0 Å². The number of ether oxygens (including phenoxy) is 1. The number of nitrogens with zero attached hydrogens (tertiary/aromatic N) is 4. The molecule has 0 N–H and O–H groups in total. The van der Waals surface area contributed by atoms with Crippen molar-refractivity contribution >= 4 is 33.6 Å². The maximum Gasteiger partial charge on any atom is 0.410 e. The van der Waals surface area contributed by atoms with Gasteiger partial charge in [0.05, 0.1) is 18.0 Å². The SMILES string of the molecule is CC(C#N)N(C(=O)C1CCCCN1C(=O)OC(C)(C)C)c1ccc(Br)nc1. The average Bonchev–Trinajstić information content (AvgIpc) is 2.61. The number of anilines is 1. The zero-order valence-corrected chi connectivity index (χ0v) is 17.7. The number of piperidine rings is 1. The highest BCUT2D eigenvalue weighted by Gasteiger charge is 2.38. The summed E-state index contributed by atoms with van der Waals surface area (Å²) < 4.78 is 6.11. The van der Waals surface area contributed by atoms with Crippen LogP contribution >= 0.6 is 15.9 Å². The van der Waals surface area contributed by atoms with Gasteiger partial charge in [-0.3, -0.25) is 14.6 Å². The maximum absolute atomic E-state index is 13.4. The molecule has 1 aromatic rings. The molecule has 146 valence electrons. The molecule has 2 rings (SSSR count). The summed E-state index contributed by atoms with van der Waals surface area (Å²) in [5.41, 5.74) is -0.121. The highest BCUT2D eigenvalue weighted by atomic mass is 79.9. The van der Waals surface area contributed by atoms with Crippen LogP contribution in [-0.2, 0) is 9.53 Å². The number of pyridine rings is 1. The van der Waals surface area contributed by atoms with Gasteiger partial charge in [-0.25, -0.2) is 9.78 Å². The summed E-state index contributed by atoms with van der Waals surface area (Å²) in [7, 11) is 0. The fourth-order valence-corrected chi connectivity index (χ4v) is 3.23. The normalized spacial score (nSPS) is 18.4. The number of nitriles is 1. The van der Waals surface area contributed by atoms with Gasteiger partial charge in [-0.2, -0.15) is 5.26 Å². The lowest BCUT2D eigenvalue weighted by Crippen LogP contribution is -2.55. The van der Waals surface area contributed by atoms with Crippen molar-refractivity contribution in [1.82, 2.24) is 9.88 Å². The van der Waals surface area contributed by atoms with Crippen LogP contribution in [-0.4, -0.2) is 46.1 Å². The van der Waals surface area contributed by atoms with Crippen LogP contribution in [0.3, 0.4) is 0 Å². The van der Waals surface area contributed by atoms with Crippen molar-refractivity contribution in [2.24, 2.45) is 0 Å². The van der Waals surface area contributed by atoms with Gasteiger partial charge in [-0.1, -0.05) is 0 Å². The highest BCUT2D eigenvalue weighted by molar-refractivity contribution is 9.10. The summed E-state index contributed by atoms with van der Waals surface area (Å²) >= 11 is 3.27. The number of hydrogen-bond acceptors (Lipinski definition) is 5. The Morgan fingerprint density at radius 3 is 2.67 bits per heavy atom. The van der Waals surface area contributed by atoms with Gasteiger partial charge < -0.3 is 4.74 Å². The summed E-state index contributed by atoms with van der Waals surface area (Å²) in [4.78, 5) is 33.0. The van der Waals surface area contributed by atoms with Crippen molar-refractivity contribution in [2.45, 2.75) is 64.6 Å². The molecule has 1 aromatic heterocycles. The quantitative estimate of drug-likeness (QED) is 0.670. The summed E-state index contributed by atoms with van der Waals surface area (Å²) in [5, 5.41) is 9.42. The second kappa shape index (κ2) is 8.70. The van der Waals surface area contributed by atoms with E-state index in [2.05, 4.69) is 27.0 Å². The van der Waals surface area contributed by atoms with E-state index in [1.807, 2.05) is 0 Å². The van der Waals surface area contributed by atoms with Crippen LogP contribution in [0.15, 0.2) is 22.9 Å². The second-order valence-corrected chi connectivity index (χ2v) is 8.35. The lowest BCUT2D eigenvalue weighted by Gasteiger charge is -2.38. The molecule has 0 saturated carbocycles. The summed E-state index contributed by atoms with van der Waals surface area (Å²) in [6.45, 7) is 7.50. The summed E-state index contributed by atoms with van der Waals surface area (Å²) in [5.74, 6) is -0.293. The first-order chi connectivity index (χ1) is 12.6. The molecule has 27 heavy (non-hydrogen) atoms. The van der Waals surface area contributed by atoms with Gasteiger partial charge >= 0.3 is 6.09 Å². The zero-order valence-electron chi connectivity index (χ0n) is 16.1. The molecular formula is C19H25BrN4O3. The molecule has 1 aliphatic rings. The maximum atomic E-state index is 13.4. The largest absolute Gasteiger partial charge is 0.444 e. The first kappa shape index (κ1) is 21.2. The molecule has 2 heterocycles. The predicted octanol–water partition coefficient (Wildman–Crippen LogP) is 3.88. The minimum absolute atomic E-state index is 0.293. The Morgan fingerprint density at radius 2 is 2.11 bits per heavy atom. The average molecular weight is 437 g/mol. The molecule has 2 amide bonds. The predicted molar refractivity (Wildman–Crippen MR) is 105 cm³/mol. The fourth-order valence-electron chi connectivity index (χ4n) is 3.00. The standard InChI is InChI=1S/C19H25BrN4O3/c1-13(11-21)24(14-8-9-16(20)22-12-14)17(25)15-7-5-6-10-23(15)18(26)27-19(2,3)4/h8-9,12-13,15H,5-7,10H2,1-4H3. The monoisotopic (exact) mass is 436 g/mol. The number of rotatable bonds is 3. The Morgan fingerprint density at radius 1 is 1.41 bits per heavy atom. The Labute approximate surface area is 168 Å². The van der Waals surface area contributed by atoms with Gasteiger partial charge in [0, 0.05) is 6.54 Å². The van der Waals surface area contributed by atoms with E-state index in [0.717, 1.165) is 12.8 Å². The minimum atomic E-state index is -0.692. The molecular weight excluding hydrogens is 412 g/mol. The van der Waals surface area contributed by atoms with Gasteiger partial charge in [0.15, 0.2) is 0 Å². The molecule has 0 aliphatic carbocycles. The van der Waals surface area contributed by atoms with Gasteiger partial charge in [-0.05, 0) is 75.0 Å². The Hall–Kier alpha value is -2.14. The fraction of sp³-hybridized carbons (Fsp3) is 0.579. The van der Waals surface area contributed by atoms with Crippen LogP contribution in [0, 0.1) is 11.3 Å². The smallest absolute Gasteiger partial charge is 0.410 e. The number of hydrogen-bond donors (Lipinski definition) is 0. The van der Waals surface area contributed by atoms with Crippen molar-refractivity contribution in [3.8, 4) is 6.07 Å². The van der Waals surface area contributed by atoms with Gasteiger partial charge in [0.25, 0.3) is 5.91 Å². The Kier molecular flexibility index (Phi) is 6.82.